The van der Waals surface area contributed by atoms with Gasteiger partial charge in [-0.05, 0) is 48.9 Å². The van der Waals surface area contributed by atoms with Crippen LogP contribution in [0.3, 0.4) is 0 Å². The number of aromatic nitrogens is 1. The fourth-order valence-electron chi connectivity index (χ4n) is 4.37. The van der Waals surface area contributed by atoms with Crippen molar-refractivity contribution in [1.29, 1.82) is 0 Å². The predicted molar refractivity (Wildman–Crippen MR) is 102 cm³/mol. The Bertz CT molecular complexity index is 1060. The van der Waals surface area contributed by atoms with Gasteiger partial charge in [0, 0.05) is 19.0 Å². The molecule has 5 rings (SSSR count). The van der Waals surface area contributed by atoms with Crippen LogP contribution in [0.15, 0.2) is 57.7 Å². The number of hydrogen-bond donors (Lipinski definition) is 0. The summed E-state index contributed by atoms with van der Waals surface area (Å²) in [6.07, 6.45) is 4.51. The highest BCUT2D eigenvalue weighted by molar-refractivity contribution is 5.78. The van der Waals surface area contributed by atoms with Gasteiger partial charge in [-0.2, -0.15) is 0 Å². The van der Waals surface area contributed by atoms with Crippen LogP contribution in [-0.4, -0.2) is 21.4 Å². The van der Waals surface area contributed by atoms with Crippen molar-refractivity contribution in [1.82, 2.24) is 9.47 Å². The summed E-state index contributed by atoms with van der Waals surface area (Å²) < 4.78 is 6.85. The highest BCUT2D eigenvalue weighted by Gasteiger charge is 2.40. The van der Waals surface area contributed by atoms with Crippen LogP contribution in [0.4, 0.5) is 0 Å². The van der Waals surface area contributed by atoms with Crippen molar-refractivity contribution >= 4 is 17.0 Å². The molecule has 138 valence electrons. The Kier molecular flexibility index (Phi) is 3.88. The highest BCUT2D eigenvalue weighted by atomic mass is 16.4. The number of oxazole rings is 1. The Morgan fingerprint density at radius 2 is 1.85 bits per heavy atom. The summed E-state index contributed by atoms with van der Waals surface area (Å²) >= 11 is 0. The van der Waals surface area contributed by atoms with Crippen molar-refractivity contribution in [2.75, 3.05) is 0 Å². The van der Waals surface area contributed by atoms with Gasteiger partial charge in [0.15, 0.2) is 5.58 Å². The summed E-state index contributed by atoms with van der Waals surface area (Å²) in [6.45, 7) is 0.353. The van der Waals surface area contributed by atoms with Gasteiger partial charge in [0.25, 0.3) is 0 Å². The van der Waals surface area contributed by atoms with E-state index in [0.29, 0.717) is 24.6 Å². The van der Waals surface area contributed by atoms with Crippen LogP contribution in [0.25, 0.3) is 11.1 Å². The molecular weight excluding hydrogens is 340 g/mol. The topological polar surface area (TPSA) is 55.5 Å². The number of benzene rings is 2. The van der Waals surface area contributed by atoms with Crippen molar-refractivity contribution in [3.8, 4) is 0 Å². The second kappa shape index (κ2) is 6.41. The lowest BCUT2D eigenvalue weighted by Gasteiger charge is -2.30. The van der Waals surface area contributed by atoms with Crippen LogP contribution in [0.2, 0.25) is 0 Å². The summed E-state index contributed by atoms with van der Waals surface area (Å²) in [6, 6.07) is 16.3. The van der Waals surface area contributed by atoms with E-state index >= 15 is 0 Å². The van der Waals surface area contributed by atoms with E-state index in [0.717, 1.165) is 31.2 Å². The van der Waals surface area contributed by atoms with Crippen molar-refractivity contribution in [2.24, 2.45) is 0 Å². The standard InChI is InChI=1S/C22H22N2O3/c25-21(13-14-23-19-7-3-4-8-20(19)27-22(23)26)24(16-10-11-16)18-12-9-15-5-1-2-6-17(15)18/h1-8,16,18H,9-14H2. The minimum absolute atomic E-state index is 0.136. The number of carbonyl (C=O) groups excluding carboxylic acids is 1. The van der Waals surface area contributed by atoms with Gasteiger partial charge in [-0.15, -0.1) is 0 Å². The lowest BCUT2D eigenvalue weighted by atomic mass is 10.1. The van der Waals surface area contributed by atoms with E-state index in [2.05, 4.69) is 29.2 Å². The number of nitrogens with zero attached hydrogens (tertiary/aromatic N) is 2. The van der Waals surface area contributed by atoms with Crippen LogP contribution >= 0.6 is 0 Å². The summed E-state index contributed by atoms with van der Waals surface area (Å²) in [4.78, 5) is 27.4. The lowest BCUT2D eigenvalue weighted by Crippen LogP contribution is -2.36. The normalized spacial score (nSPS) is 18.6. The number of hydrogen-bond acceptors (Lipinski definition) is 3. The van der Waals surface area contributed by atoms with Crippen LogP contribution in [0, 0.1) is 0 Å². The molecule has 0 aliphatic heterocycles. The molecule has 1 aromatic heterocycles. The van der Waals surface area contributed by atoms with Gasteiger partial charge in [-0.25, -0.2) is 4.79 Å². The summed E-state index contributed by atoms with van der Waals surface area (Å²) in [5, 5.41) is 0. The summed E-state index contributed by atoms with van der Waals surface area (Å²) in [5.41, 5.74) is 3.97. The molecule has 3 aromatic rings. The number of aryl methyl sites for hydroxylation is 2. The second-order valence-corrected chi connectivity index (χ2v) is 7.52. The van der Waals surface area contributed by atoms with E-state index in [1.807, 2.05) is 18.2 Å². The lowest BCUT2D eigenvalue weighted by molar-refractivity contribution is -0.134. The Morgan fingerprint density at radius 1 is 1.07 bits per heavy atom. The summed E-state index contributed by atoms with van der Waals surface area (Å²) in [7, 11) is 0. The molecule has 1 unspecified atom stereocenters. The van der Waals surface area contributed by atoms with Gasteiger partial charge in [0.2, 0.25) is 5.91 Å². The Balaban J connectivity index is 1.38. The molecule has 0 N–H and O–H groups in total. The average molecular weight is 362 g/mol. The van der Waals surface area contributed by atoms with E-state index in [1.165, 1.54) is 11.1 Å². The van der Waals surface area contributed by atoms with E-state index in [1.54, 1.807) is 10.6 Å². The first-order valence-corrected chi connectivity index (χ1v) is 9.70. The van der Waals surface area contributed by atoms with Gasteiger partial charge in [0.1, 0.15) is 0 Å². The molecule has 1 atom stereocenters. The zero-order valence-electron chi connectivity index (χ0n) is 15.1. The SMILES string of the molecule is O=C(CCn1c(=O)oc2ccccc21)N(C1CC1)C1CCc2ccccc21. The van der Waals surface area contributed by atoms with Crippen LogP contribution < -0.4 is 5.76 Å². The molecule has 1 saturated carbocycles. The molecule has 2 aliphatic rings. The quantitative estimate of drug-likeness (QED) is 0.696. The maximum Gasteiger partial charge on any atom is 0.419 e. The fraction of sp³-hybridized carbons (Fsp3) is 0.364. The highest BCUT2D eigenvalue weighted by Crippen LogP contribution is 2.42. The molecule has 1 heterocycles. The number of fused-ring (bicyclic) bond motifs is 2. The Morgan fingerprint density at radius 3 is 2.70 bits per heavy atom. The number of rotatable bonds is 5. The molecule has 0 spiro atoms. The van der Waals surface area contributed by atoms with Gasteiger partial charge < -0.3 is 9.32 Å². The molecule has 5 heteroatoms. The molecule has 27 heavy (non-hydrogen) atoms. The maximum atomic E-state index is 13.1. The zero-order chi connectivity index (χ0) is 18.4. The first-order chi connectivity index (χ1) is 13.2. The minimum atomic E-state index is -0.395. The molecule has 1 amide bonds. The fourth-order valence-corrected chi connectivity index (χ4v) is 4.37. The predicted octanol–water partition coefficient (Wildman–Crippen LogP) is 3.66. The van der Waals surface area contributed by atoms with E-state index in [4.69, 9.17) is 4.42 Å². The molecule has 2 aromatic carbocycles. The van der Waals surface area contributed by atoms with E-state index in [-0.39, 0.29) is 11.9 Å². The molecule has 5 nitrogen and oxygen atoms in total. The summed E-state index contributed by atoms with van der Waals surface area (Å²) in [5.74, 6) is -0.260. The van der Waals surface area contributed by atoms with Crippen molar-refractivity contribution < 1.29 is 9.21 Å². The molecule has 0 bridgehead atoms. The smallest absolute Gasteiger partial charge is 0.408 e. The maximum absolute atomic E-state index is 13.1. The molecule has 1 fully saturated rings. The molecule has 2 aliphatic carbocycles. The third-order valence-corrected chi connectivity index (χ3v) is 5.79. The van der Waals surface area contributed by atoms with E-state index in [9.17, 15) is 9.59 Å². The van der Waals surface area contributed by atoms with Gasteiger partial charge in [-0.3, -0.25) is 9.36 Å². The van der Waals surface area contributed by atoms with Gasteiger partial charge in [0.05, 0.1) is 11.6 Å². The second-order valence-electron chi connectivity index (χ2n) is 7.52. The third-order valence-electron chi connectivity index (χ3n) is 5.79. The Hall–Kier alpha value is -2.82. The zero-order valence-corrected chi connectivity index (χ0v) is 15.1. The Labute approximate surface area is 157 Å². The van der Waals surface area contributed by atoms with Crippen LogP contribution in [0.1, 0.15) is 42.9 Å². The molecule has 0 radical (unpaired) electrons. The average Bonchev–Trinajstić information content (AvgIpc) is 3.34. The van der Waals surface area contributed by atoms with Crippen molar-refractivity contribution in [2.45, 2.75) is 50.7 Å². The van der Waals surface area contributed by atoms with Crippen LogP contribution in [0.5, 0.6) is 0 Å². The van der Waals surface area contributed by atoms with Crippen molar-refractivity contribution in [3.63, 3.8) is 0 Å². The third kappa shape index (κ3) is 2.87. The van der Waals surface area contributed by atoms with E-state index < -0.39 is 5.76 Å². The first-order valence-electron chi connectivity index (χ1n) is 9.70. The number of carbonyl (C=O) groups is 1. The van der Waals surface area contributed by atoms with Gasteiger partial charge >= 0.3 is 5.76 Å². The number of para-hydroxylation sites is 2. The largest absolute Gasteiger partial charge is 0.419 e. The first kappa shape index (κ1) is 16.4. The van der Waals surface area contributed by atoms with Gasteiger partial charge in [-0.1, -0.05) is 36.4 Å². The monoisotopic (exact) mass is 362 g/mol. The molecule has 0 saturated heterocycles. The van der Waals surface area contributed by atoms with Crippen LogP contribution in [-0.2, 0) is 17.8 Å². The molecular formula is C22H22N2O3. The minimum Gasteiger partial charge on any atom is -0.408 e. The number of amides is 1. The van der Waals surface area contributed by atoms with Crippen molar-refractivity contribution in [3.05, 3.63) is 70.2 Å².